The van der Waals surface area contributed by atoms with Gasteiger partial charge < -0.3 is 24.8 Å². The van der Waals surface area contributed by atoms with E-state index in [0.717, 1.165) is 40.0 Å². The number of fused-ring (bicyclic) bond motifs is 1. The molecule has 2 aliphatic heterocycles. The summed E-state index contributed by atoms with van der Waals surface area (Å²) in [5, 5.41) is 14.7. The highest BCUT2D eigenvalue weighted by molar-refractivity contribution is 5.90. The van der Waals surface area contributed by atoms with Crippen LogP contribution in [0.25, 0.3) is 11.0 Å². The van der Waals surface area contributed by atoms with Gasteiger partial charge in [0.1, 0.15) is 17.3 Å². The lowest BCUT2D eigenvalue weighted by atomic mass is 9.96. The van der Waals surface area contributed by atoms with E-state index in [1.54, 1.807) is 23.0 Å². The number of methoxy groups -OCH3 is 1. The van der Waals surface area contributed by atoms with Gasteiger partial charge in [0.2, 0.25) is 11.8 Å². The molecule has 4 atom stereocenters. The van der Waals surface area contributed by atoms with Gasteiger partial charge in [-0.05, 0) is 60.6 Å². The van der Waals surface area contributed by atoms with Crippen LogP contribution in [0.5, 0.6) is 5.75 Å². The summed E-state index contributed by atoms with van der Waals surface area (Å²) in [5.74, 6) is 1.05. The predicted molar refractivity (Wildman–Crippen MR) is 153 cm³/mol. The van der Waals surface area contributed by atoms with E-state index in [4.69, 9.17) is 4.74 Å². The molecule has 0 bridgehead atoms. The molecule has 11 heteroatoms. The minimum absolute atomic E-state index is 0.00645. The number of carbonyl (C=O) groups is 2. The standard InChI is InChI=1S/C30H36N8O3/c1-36-18-31-16-28(36)22-13-25(32-15-22)30(40)38-17-21(10-19-4-7-23(41-3)8-5-19)12-27(38)29(39)33-14-20-6-9-26-24(11-20)34-35-37(26)2/h4-9,11,16,18,21-22,25,27,32H,10,12-15,17H2,1-3H3,(H,33,39). The zero-order valence-electron chi connectivity index (χ0n) is 23.7. The average Bonchev–Trinajstić information content (AvgIpc) is 3.79. The Morgan fingerprint density at radius 1 is 1.10 bits per heavy atom. The largest absolute Gasteiger partial charge is 0.497 e. The molecule has 2 amide bonds. The van der Waals surface area contributed by atoms with Crippen molar-refractivity contribution in [3.8, 4) is 5.75 Å². The monoisotopic (exact) mass is 556 g/mol. The van der Waals surface area contributed by atoms with E-state index < -0.39 is 6.04 Å². The molecule has 214 valence electrons. The summed E-state index contributed by atoms with van der Waals surface area (Å²) in [5.41, 5.74) is 4.93. The van der Waals surface area contributed by atoms with Crippen molar-refractivity contribution in [3.63, 3.8) is 0 Å². The minimum atomic E-state index is -0.524. The number of aryl methyl sites for hydroxylation is 2. The Bertz CT molecular complexity index is 1540. The maximum Gasteiger partial charge on any atom is 0.243 e. The summed E-state index contributed by atoms with van der Waals surface area (Å²) in [6.07, 6.45) is 5.75. The zero-order valence-corrected chi connectivity index (χ0v) is 23.7. The second-order valence-corrected chi connectivity index (χ2v) is 11.2. The van der Waals surface area contributed by atoms with Crippen molar-refractivity contribution in [1.29, 1.82) is 0 Å². The van der Waals surface area contributed by atoms with Gasteiger partial charge in [-0.2, -0.15) is 0 Å². The number of rotatable bonds is 8. The number of benzene rings is 2. The third-order valence-electron chi connectivity index (χ3n) is 8.50. The molecule has 2 aromatic heterocycles. The Labute approximate surface area is 238 Å². The van der Waals surface area contributed by atoms with Crippen molar-refractivity contribution >= 4 is 22.8 Å². The van der Waals surface area contributed by atoms with Crippen LogP contribution in [0.2, 0.25) is 0 Å². The first-order valence-electron chi connectivity index (χ1n) is 14.1. The number of nitrogens with one attached hydrogen (secondary N) is 2. The SMILES string of the molecule is COc1ccc(CC2CC(C(=O)NCc3ccc4c(c3)nnn4C)N(C(=O)C3CC(c4cncn4C)CN3)C2)cc1. The Morgan fingerprint density at radius 3 is 2.66 bits per heavy atom. The van der Waals surface area contributed by atoms with E-state index in [9.17, 15) is 9.59 Å². The van der Waals surface area contributed by atoms with Crippen molar-refractivity contribution in [1.82, 2.24) is 40.1 Å². The van der Waals surface area contributed by atoms with E-state index in [1.807, 2.05) is 55.2 Å². The molecule has 0 spiro atoms. The van der Waals surface area contributed by atoms with Crippen LogP contribution in [0.15, 0.2) is 55.0 Å². The minimum Gasteiger partial charge on any atom is -0.497 e. The van der Waals surface area contributed by atoms with Gasteiger partial charge in [-0.3, -0.25) is 9.59 Å². The molecule has 2 fully saturated rings. The first-order valence-corrected chi connectivity index (χ1v) is 14.1. The Morgan fingerprint density at radius 2 is 1.90 bits per heavy atom. The van der Waals surface area contributed by atoms with Crippen molar-refractivity contribution < 1.29 is 14.3 Å². The molecule has 2 aliphatic rings. The maximum absolute atomic E-state index is 13.9. The van der Waals surface area contributed by atoms with Crippen LogP contribution in [-0.4, -0.2) is 73.5 Å². The lowest BCUT2D eigenvalue weighted by Gasteiger charge is -2.27. The van der Waals surface area contributed by atoms with E-state index in [0.29, 0.717) is 32.5 Å². The van der Waals surface area contributed by atoms with Gasteiger partial charge >= 0.3 is 0 Å². The van der Waals surface area contributed by atoms with Crippen molar-refractivity contribution in [2.45, 2.75) is 43.8 Å². The summed E-state index contributed by atoms with van der Waals surface area (Å²) < 4.78 is 9.03. The van der Waals surface area contributed by atoms with Crippen LogP contribution in [0.4, 0.5) is 0 Å². The zero-order chi connectivity index (χ0) is 28.5. The van der Waals surface area contributed by atoms with Gasteiger partial charge in [0.15, 0.2) is 0 Å². The topological polar surface area (TPSA) is 119 Å². The molecule has 4 unspecified atom stereocenters. The van der Waals surface area contributed by atoms with Gasteiger partial charge in [-0.25, -0.2) is 9.67 Å². The first-order chi connectivity index (χ1) is 19.9. The highest BCUT2D eigenvalue weighted by atomic mass is 16.5. The van der Waals surface area contributed by atoms with E-state index in [1.165, 1.54) is 0 Å². The quantitative estimate of drug-likeness (QED) is 0.340. The molecule has 41 heavy (non-hydrogen) atoms. The van der Waals surface area contributed by atoms with Crippen LogP contribution in [0.3, 0.4) is 0 Å². The number of nitrogens with zero attached hydrogens (tertiary/aromatic N) is 6. The lowest BCUT2D eigenvalue weighted by Crippen LogP contribution is -2.51. The average molecular weight is 557 g/mol. The summed E-state index contributed by atoms with van der Waals surface area (Å²) in [4.78, 5) is 33.5. The maximum atomic E-state index is 13.9. The molecule has 6 rings (SSSR count). The molecular formula is C30H36N8O3. The molecule has 4 aromatic rings. The molecule has 0 aliphatic carbocycles. The third-order valence-corrected chi connectivity index (χ3v) is 8.50. The molecule has 0 radical (unpaired) electrons. The number of carbonyl (C=O) groups excluding carboxylic acids is 2. The Hall–Kier alpha value is -4.25. The van der Waals surface area contributed by atoms with E-state index in [2.05, 4.69) is 38.1 Å². The summed E-state index contributed by atoms with van der Waals surface area (Å²) >= 11 is 0. The van der Waals surface area contributed by atoms with Gasteiger partial charge in [0, 0.05) is 51.5 Å². The fourth-order valence-corrected chi connectivity index (χ4v) is 6.27. The van der Waals surface area contributed by atoms with Gasteiger partial charge in [-0.15, -0.1) is 5.10 Å². The molecule has 0 saturated carbocycles. The van der Waals surface area contributed by atoms with Gasteiger partial charge in [0.05, 0.1) is 25.0 Å². The molecule has 2 aromatic carbocycles. The molecule has 2 saturated heterocycles. The highest BCUT2D eigenvalue weighted by Gasteiger charge is 2.43. The molecule has 11 nitrogen and oxygen atoms in total. The number of imidazole rings is 1. The highest BCUT2D eigenvalue weighted by Crippen LogP contribution is 2.31. The van der Waals surface area contributed by atoms with Crippen LogP contribution in [0.1, 0.15) is 35.6 Å². The molecule has 4 heterocycles. The van der Waals surface area contributed by atoms with Crippen molar-refractivity contribution in [2.75, 3.05) is 20.2 Å². The third kappa shape index (κ3) is 5.54. The lowest BCUT2D eigenvalue weighted by molar-refractivity contribution is -0.139. The number of hydrogen-bond acceptors (Lipinski definition) is 7. The van der Waals surface area contributed by atoms with Gasteiger partial charge in [-0.1, -0.05) is 23.4 Å². The summed E-state index contributed by atoms with van der Waals surface area (Å²) in [6.45, 7) is 1.61. The summed E-state index contributed by atoms with van der Waals surface area (Å²) in [6, 6.07) is 13.0. The second kappa shape index (κ2) is 11.3. The number of amides is 2. The van der Waals surface area contributed by atoms with E-state index >= 15 is 0 Å². The van der Waals surface area contributed by atoms with Gasteiger partial charge in [0.25, 0.3) is 0 Å². The smallest absolute Gasteiger partial charge is 0.243 e. The van der Waals surface area contributed by atoms with E-state index in [-0.39, 0.29) is 29.7 Å². The Kier molecular flexibility index (Phi) is 7.44. The number of hydrogen-bond donors (Lipinski definition) is 2. The predicted octanol–water partition coefficient (Wildman–Crippen LogP) is 1.93. The van der Waals surface area contributed by atoms with Crippen LogP contribution in [-0.2, 0) is 36.6 Å². The number of ether oxygens (including phenoxy) is 1. The van der Waals surface area contributed by atoms with Crippen molar-refractivity contribution in [2.24, 2.45) is 20.0 Å². The molecule has 2 N–H and O–H groups in total. The number of aromatic nitrogens is 5. The fourth-order valence-electron chi connectivity index (χ4n) is 6.27. The normalized spacial score (nSPS) is 22.4. The fraction of sp³-hybridized carbons (Fsp3) is 0.433. The van der Waals surface area contributed by atoms with Crippen molar-refractivity contribution in [3.05, 3.63) is 71.8 Å². The summed E-state index contributed by atoms with van der Waals surface area (Å²) in [7, 11) is 5.48. The Balaban J connectivity index is 1.16. The molecular weight excluding hydrogens is 520 g/mol. The van der Waals surface area contributed by atoms with Crippen LogP contribution >= 0.6 is 0 Å². The second-order valence-electron chi connectivity index (χ2n) is 11.2. The van der Waals surface area contributed by atoms with Crippen LogP contribution in [0, 0.1) is 5.92 Å². The first kappa shape index (κ1) is 26.9. The van der Waals surface area contributed by atoms with Crippen LogP contribution < -0.4 is 15.4 Å². The number of likely N-dealkylation sites (tertiary alicyclic amines) is 1.